The summed E-state index contributed by atoms with van der Waals surface area (Å²) in [7, 11) is 1.00. The van der Waals surface area contributed by atoms with Crippen LogP contribution in [0.25, 0.3) is 21.1 Å². The minimum atomic E-state index is -0.746. The van der Waals surface area contributed by atoms with E-state index in [0.29, 0.717) is 6.42 Å². The van der Waals surface area contributed by atoms with Crippen LogP contribution in [0.5, 0.6) is 0 Å². The number of nitrogens with zero attached hydrogens (tertiary/aromatic N) is 2. The van der Waals surface area contributed by atoms with Crippen LogP contribution < -0.4 is 0 Å². The molecule has 0 saturated heterocycles. The Morgan fingerprint density at radius 2 is 1.97 bits per heavy atom. The molecule has 0 bridgehead atoms. The number of aliphatic hydroxyl groups is 1. The van der Waals surface area contributed by atoms with Crippen molar-refractivity contribution in [2.45, 2.75) is 31.5 Å². The molecule has 0 saturated carbocycles. The third-order valence-corrected chi connectivity index (χ3v) is 6.66. The van der Waals surface area contributed by atoms with Crippen molar-refractivity contribution in [2.24, 2.45) is 0 Å². The molecule has 152 valence electrons. The van der Waals surface area contributed by atoms with E-state index in [0.717, 1.165) is 35.6 Å². The molecule has 0 spiro atoms. The number of carboxylic acid groups (broad SMARTS) is 1. The van der Waals surface area contributed by atoms with Crippen molar-refractivity contribution in [3.05, 3.63) is 59.0 Å². The molecule has 0 aliphatic heterocycles. The van der Waals surface area contributed by atoms with Gasteiger partial charge in [0.1, 0.15) is 0 Å². The quantitative estimate of drug-likeness (QED) is 0.314. The molecule has 7 heteroatoms. The first kappa shape index (κ1) is 21.4. The minimum Gasteiger partial charge on any atom is -0.481 e. The van der Waals surface area contributed by atoms with Gasteiger partial charge in [0.15, 0.2) is 5.16 Å². The predicted octanol–water partition coefficient (Wildman–Crippen LogP) is 5.17. The summed E-state index contributed by atoms with van der Waals surface area (Å²) in [6, 6.07) is 14.6. The summed E-state index contributed by atoms with van der Waals surface area (Å²) in [5.74, 6) is 0.00304. The molecule has 0 aliphatic carbocycles. The number of thiophene rings is 1. The first-order valence-corrected chi connectivity index (χ1v) is 11.2. The average molecular weight is 429 g/mol. The highest BCUT2D eigenvalue weighted by Crippen LogP contribution is 2.32. The van der Waals surface area contributed by atoms with E-state index in [2.05, 4.69) is 41.1 Å². The highest BCUT2D eigenvalue weighted by atomic mass is 32.2. The number of aliphatic hydroxyl groups excluding tert-OH is 1. The monoisotopic (exact) mass is 428 g/mol. The summed E-state index contributed by atoms with van der Waals surface area (Å²) >= 11 is 3.42. The molecule has 5 nitrogen and oxygen atoms in total. The van der Waals surface area contributed by atoms with Gasteiger partial charge in [-0.25, -0.2) is 4.98 Å². The van der Waals surface area contributed by atoms with Gasteiger partial charge in [0.25, 0.3) is 0 Å². The molecule has 2 heterocycles. The molecule has 2 aromatic carbocycles. The van der Waals surface area contributed by atoms with Crippen LogP contribution in [0.3, 0.4) is 0 Å². The number of carboxylic acids is 1. The van der Waals surface area contributed by atoms with Gasteiger partial charge in [0.2, 0.25) is 0 Å². The van der Waals surface area contributed by atoms with Crippen LogP contribution in [-0.2, 0) is 11.3 Å². The molecule has 0 radical (unpaired) electrons. The Hall–Kier alpha value is -2.35. The molecular weight excluding hydrogens is 404 g/mol. The minimum absolute atomic E-state index is 0.196. The molecule has 0 fully saturated rings. The Balaban J connectivity index is 0.00000117. The van der Waals surface area contributed by atoms with Crippen molar-refractivity contribution in [1.82, 2.24) is 9.55 Å². The summed E-state index contributed by atoms with van der Waals surface area (Å²) in [6.07, 6.45) is 0.839. The van der Waals surface area contributed by atoms with Crippen molar-refractivity contribution in [3.63, 3.8) is 0 Å². The maximum atomic E-state index is 10.8. The molecular formula is C22H24N2O3S2. The van der Waals surface area contributed by atoms with Crippen molar-refractivity contribution in [3.8, 4) is 0 Å². The van der Waals surface area contributed by atoms with Gasteiger partial charge < -0.3 is 14.8 Å². The lowest BCUT2D eigenvalue weighted by atomic mass is 10.1. The fourth-order valence-corrected chi connectivity index (χ4v) is 5.32. The van der Waals surface area contributed by atoms with E-state index in [1.165, 1.54) is 21.2 Å². The Morgan fingerprint density at radius 1 is 1.17 bits per heavy atom. The van der Waals surface area contributed by atoms with Crippen LogP contribution >= 0.6 is 23.1 Å². The number of rotatable bonds is 7. The van der Waals surface area contributed by atoms with Crippen molar-refractivity contribution < 1.29 is 15.0 Å². The predicted molar refractivity (Wildman–Crippen MR) is 121 cm³/mol. The summed E-state index contributed by atoms with van der Waals surface area (Å²) < 4.78 is 3.57. The molecule has 2 aromatic heterocycles. The summed E-state index contributed by atoms with van der Waals surface area (Å²) in [5.41, 5.74) is 4.70. The lowest BCUT2D eigenvalue weighted by Crippen LogP contribution is -2.02. The standard InChI is InChI=1S/C21H20N2O2S2.CH4O/c1-14-6-4-9-18-20(14)15(13-27-18)12-23-17-8-3-2-7-16(17)22-21(23)26-11-5-10-19(24)25;1-2/h2-4,6-9,13H,5,10-12H2,1H3,(H,24,25);2H,1H3. The number of para-hydroxylation sites is 2. The zero-order valence-corrected chi connectivity index (χ0v) is 18.1. The second-order valence-corrected chi connectivity index (χ2v) is 8.50. The van der Waals surface area contributed by atoms with Crippen LogP contribution in [0, 0.1) is 6.92 Å². The van der Waals surface area contributed by atoms with E-state index >= 15 is 0 Å². The average Bonchev–Trinajstić information content (AvgIpc) is 3.30. The van der Waals surface area contributed by atoms with Gasteiger partial charge in [0, 0.05) is 29.4 Å². The van der Waals surface area contributed by atoms with Gasteiger partial charge >= 0.3 is 5.97 Å². The number of aryl methyl sites for hydroxylation is 1. The Bertz CT molecular complexity index is 1120. The summed E-state index contributed by atoms with van der Waals surface area (Å²) in [6.45, 7) is 2.93. The van der Waals surface area contributed by atoms with E-state index in [1.54, 1.807) is 23.1 Å². The molecule has 0 atom stereocenters. The molecule has 4 aromatic rings. The zero-order chi connectivity index (χ0) is 20.8. The Labute approximate surface area is 178 Å². The van der Waals surface area contributed by atoms with Crippen molar-refractivity contribution in [2.75, 3.05) is 12.9 Å². The van der Waals surface area contributed by atoms with Crippen molar-refractivity contribution in [1.29, 1.82) is 0 Å². The van der Waals surface area contributed by atoms with Crippen LogP contribution in [0.2, 0.25) is 0 Å². The third kappa shape index (κ3) is 4.80. The highest BCUT2D eigenvalue weighted by Gasteiger charge is 2.14. The van der Waals surface area contributed by atoms with E-state index in [-0.39, 0.29) is 6.42 Å². The largest absolute Gasteiger partial charge is 0.481 e. The second-order valence-electron chi connectivity index (χ2n) is 6.52. The second kappa shape index (κ2) is 9.91. The lowest BCUT2D eigenvalue weighted by Gasteiger charge is -2.09. The molecule has 0 amide bonds. The summed E-state index contributed by atoms with van der Waals surface area (Å²) in [5, 5.41) is 20.4. The number of imidazole rings is 1. The number of benzene rings is 2. The molecule has 2 N–H and O–H groups in total. The Morgan fingerprint density at radius 3 is 2.76 bits per heavy atom. The van der Waals surface area contributed by atoms with Gasteiger partial charge in [-0.2, -0.15) is 0 Å². The first-order valence-electron chi connectivity index (χ1n) is 9.34. The molecule has 4 rings (SSSR count). The normalized spacial score (nSPS) is 10.9. The number of hydrogen-bond acceptors (Lipinski definition) is 5. The smallest absolute Gasteiger partial charge is 0.303 e. The van der Waals surface area contributed by atoms with Gasteiger partial charge in [-0.05, 0) is 48.1 Å². The number of carbonyl (C=O) groups is 1. The number of thioether (sulfide) groups is 1. The van der Waals surface area contributed by atoms with Crippen LogP contribution in [0.4, 0.5) is 0 Å². The van der Waals surface area contributed by atoms with Crippen LogP contribution in [0.1, 0.15) is 24.0 Å². The van der Waals surface area contributed by atoms with E-state index in [9.17, 15) is 4.79 Å². The van der Waals surface area contributed by atoms with Crippen LogP contribution in [0.15, 0.2) is 53.0 Å². The molecule has 29 heavy (non-hydrogen) atoms. The van der Waals surface area contributed by atoms with E-state index < -0.39 is 5.97 Å². The van der Waals surface area contributed by atoms with E-state index in [1.807, 2.05) is 18.2 Å². The van der Waals surface area contributed by atoms with Crippen molar-refractivity contribution >= 4 is 50.2 Å². The fraction of sp³-hybridized carbons (Fsp3) is 0.273. The Kier molecular flexibility index (Phi) is 7.30. The van der Waals surface area contributed by atoms with Gasteiger partial charge in [0.05, 0.1) is 17.6 Å². The fourth-order valence-electron chi connectivity index (χ4n) is 3.33. The van der Waals surface area contributed by atoms with Crippen LogP contribution in [-0.4, -0.2) is 38.6 Å². The lowest BCUT2D eigenvalue weighted by molar-refractivity contribution is -0.137. The summed E-state index contributed by atoms with van der Waals surface area (Å²) in [4.78, 5) is 15.6. The van der Waals surface area contributed by atoms with Gasteiger partial charge in [-0.15, -0.1) is 11.3 Å². The third-order valence-electron chi connectivity index (χ3n) is 4.60. The topological polar surface area (TPSA) is 75.4 Å². The maximum Gasteiger partial charge on any atom is 0.303 e. The van der Waals surface area contributed by atoms with Gasteiger partial charge in [-0.3, -0.25) is 4.79 Å². The highest BCUT2D eigenvalue weighted by molar-refractivity contribution is 7.99. The number of hydrogen-bond donors (Lipinski definition) is 2. The molecule has 0 unspecified atom stereocenters. The van der Waals surface area contributed by atoms with E-state index in [4.69, 9.17) is 15.2 Å². The zero-order valence-electron chi connectivity index (χ0n) is 16.5. The number of aromatic nitrogens is 2. The number of fused-ring (bicyclic) bond motifs is 2. The van der Waals surface area contributed by atoms with Gasteiger partial charge in [-0.1, -0.05) is 36.0 Å². The molecule has 0 aliphatic rings. The SMILES string of the molecule is CO.Cc1cccc2scc(Cn3c(SCCCC(=O)O)nc4ccccc43)c12. The maximum absolute atomic E-state index is 10.8. The first-order chi connectivity index (χ1) is 14.1. The number of aliphatic carboxylic acids is 1.